The van der Waals surface area contributed by atoms with Crippen molar-refractivity contribution in [2.75, 3.05) is 11.9 Å². The van der Waals surface area contributed by atoms with Gasteiger partial charge in [-0.05, 0) is 35.6 Å². The van der Waals surface area contributed by atoms with Crippen LogP contribution < -0.4 is 5.32 Å². The average molecular weight is 216 g/mol. The molecule has 2 heteroatoms. The second-order valence-corrected chi connectivity index (χ2v) is 5.34. The van der Waals surface area contributed by atoms with Crippen LogP contribution in [0.5, 0.6) is 0 Å². The zero-order valence-electron chi connectivity index (χ0n) is 10.5. The van der Waals surface area contributed by atoms with Crippen molar-refractivity contribution in [3.8, 4) is 6.07 Å². The summed E-state index contributed by atoms with van der Waals surface area (Å²) in [6.45, 7) is 9.94. The molecule has 1 aromatic carbocycles. The van der Waals surface area contributed by atoms with E-state index in [2.05, 4.69) is 39.1 Å². The second kappa shape index (κ2) is 5.03. The van der Waals surface area contributed by atoms with Crippen LogP contribution in [0.3, 0.4) is 0 Å². The number of nitriles is 1. The molecule has 1 atom stereocenters. The van der Waals surface area contributed by atoms with Gasteiger partial charge in [-0.3, -0.25) is 0 Å². The summed E-state index contributed by atoms with van der Waals surface area (Å²) >= 11 is 0. The van der Waals surface area contributed by atoms with Crippen LogP contribution in [0.15, 0.2) is 24.3 Å². The fourth-order valence-electron chi connectivity index (χ4n) is 1.24. The van der Waals surface area contributed by atoms with Crippen LogP contribution in [0, 0.1) is 22.7 Å². The van der Waals surface area contributed by atoms with Gasteiger partial charge in [0.1, 0.15) is 0 Å². The first-order valence-electron chi connectivity index (χ1n) is 5.67. The molecule has 0 aliphatic rings. The largest absolute Gasteiger partial charge is 0.385 e. The summed E-state index contributed by atoms with van der Waals surface area (Å²) < 4.78 is 0. The van der Waals surface area contributed by atoms with Crippen molar-refractivity contribution in [2.45, 2.75) is 27.7 Å². The molecule has 0 aromatic heterocycles. The van der Waals surface area contributed by atoms with Crippen molar-refractivity contribution in [2.24, 2.45) is 11.3 Å². The van der Waals surface area contributed by atoms with Gasteiger partial charge in [-0.2, -0.15) is 5.26 Å². The van der Waals surface area contributed by atoms with E-state index in [1.165, 1.54) is 0 Å². The van der Waals surface area contributed by atoms with E-state index in [1.807, 2.05) is 24.3 Å². The molecule has 0 radical (unpaired) electrons. The monoisotopic (exact) mass is 216 g/mol. The fraction of sp³-hybridized carbons (Fsp3) is 0.500. The Kier molecular flexibility index (Phi) is 3.95. The number of rotatable bonds is 3. The highest BCUT2D eigenvalue weighted by Gasteiger charge is 2.19. The molecule has 0 bridgehead atoms. The summed E-state index contributed by atoms with van der Waals surface area (Å²) in [4.78, 5) is 0. The molecule has 0 fully saturated rings. The molecular formula is C14H20N2. The number of nitrogens with zero attached hydrogens (tertiary/aromatic N) is 1. The van der Waals surface area contributed by atoms with Gasteiger partial charge in [-0.15, -0.1) is 0 Å². The molecule has 1 rings (SSSR count). The molecule has 0 saturated heterocycles. The van der Waals surface area contributed by atoms with E-state index in [0.29, 0.717) is 16.9 Å². The van der Waals surface area contributed by atoms with Crippen LogP contribution in [0.4, 0.5) is 5.69 Å². The molecule has 0 spiro atoms. The number of hydrogen-bond acceptors (Lipinski definition) is 2. The minimum Gasteiger partial charge on any atom is -0.385 e. The molecule has 86 valence electrons. The molecule has 1 unspecified atom stereocenters. The highest BCUT2D eigenvalue weighted by Crippen LogP contribution is 2.25. The third-order valence-corrected chi connectivity index (χ3v) is 3.10. The van der Waals surface area contributed by atoms with E-state index >= 15 is 0 Å². The lowest BCUT2D eigenvalue weighted by Gasteiger charge is -2.27. The van der Waals surface area contributed by atoms with Gasteiger partial charge in [0, 0.05) is 12.2 Å². The standard InChI is InChI=1S/C14H20N2/c1-11(14(2,3)4)10-16-13-7-5-12(9-15)6-8-13/h5-8,11,16H,10H2,1-4H3. The van der Waals surface area contributed by atoms with Crippen molar-refractivity contribution >= 4 is 5.69 Å². The smallest absolute Gasteiger partial charge is 0.0991 e. The summed E-state index contributed by atoms with van der Waals surface area (Å²) in [5.74, 6) is 0.600. The predicted molar refractivity (Wildman–Crippen MR) is 68.3 cm³/mol. The van der Waals surface area contributed by atoms with Crippen molar-refractivity contribution in [1.29, 1.82) is 5.26 Å². The van der Waals surface area contributed by atoms with Crippen LogP contribution in [0.1, 0.15) is 33.3 Å². The Morgan fingerprint density at radius 2 is 1.81 bits per heavy atom. The zero-order chi connectivity index (χ0) is 12.2. The topological polar surface area (TPSA) is 35.8 Å². The number of hydrogen-bond donors (Lipinski definition) is 1. The Morgan fingerprint density at radius 1 is 1.25 bits per heavy atom. The van der Waals surface area contributed by atoms with Gasteiger partial charge >= 0.3 is 0 Å². The van der Waals surface area contributed by atoms with E-state index in [4.69, 9.17) is 5.26 Å². The maximum Gasteiger partial charge on any atom is 0.0991 e. The molecule has 0 amide bonds. The van der Waals surface area contributed by atoms with Crippen LogP contribution in [-0.4, -0.2) is 6.54 Å². The average Bonchev–Trinajstić information content (AvgIpc) is 2.25. The molecule has 0 aliphatic heterocycles. The highest BCUT2D eigenvalue weighted by atomic mass is 14.9. The third kappa shape index (κ3) is 3.58. The van der Waals surface area contributed by atoms with Crippen molar-refractivity contribution in [1.82, 2.24) is 0 Å². The van der Waals surface area contributed by atoms with Crippen molar-refractivity contribution in [3.05, 3.63) is 29.8 Å². The Bertz CT molecular complexity index is 365. The first-order valence-corrected chi connectivity index (χ1v) is 5.67. The van der Waals surface area contributed by atoms with Gasteiger partial charge < -0.3 is 5.32 Å². The first-order chi connectivity index (χ1) is 7.43. The molecule has 1 aromatic rings. The minimum absolute atomic E-state index is 0.319. The summed E-state index contributed by atoms with van der Waals surface area (Å²) in [6.07, 6.45) is 0. The van der Waals surface area contributed by atoms with Crippen molar-refractivity contribution < 1.29 is 0 Å². The number of anilines is 1. The summed E-state index contributed by atoms with van der Waals surface area (Å²) in [5, 5.41) is 12.1. The van der Waals surface area contributed by atoms with Gasteiger partial charge in [0.25, 0.3) is 0 Å². The van der Waals surface area contributed by atoms with E-state index in [1.54, 1.807) is 0 Å². The predicted octanol–water partition coefficient (Wildman–Crippen LogP) is 3.65. The molecule has 0 heterocycles. The van der Waals surface area contributed by atoms with Gasteiger partial charge in [0.2, 0.25) is 0 Å². The van der Waals surface area contributed by atoms with Gasteiger partial charge in [-0.25, -0.2) is 0 Å². The maximum atomic E-state index is 8.68. The number of nitrogens with one attached hydrogen (secondary N) is 1. The molecule has 0 saturated carbocycles. The summed E-state index contributed by atoms with van der Waals surface area (Å²) in [6, 6.07) is 9.69. The van der Waals surface area contributed by atoms with E-state index in [0.717, 1.165) is 12.2 Å². The lowest BCUT2D eigenvalue weighted by Crippen LogP contribution is -2.24. The molecular weight excluding hydrogens is 196 g/mol. The van der Waals surface area contributed by atoms with Gasteiger partial charge in [-0.1, -0.05) is 27.7 Å². The Labute approximate surface area is 98.3 Å². The molecule has 0 aliphatic carbocycles. The van der Waals surface area contributed by atoms with E-state index < -0.39 is 0 Å². The SMILES string of the molecule is CC(CNc1ccc(C#N)cc1)C(C)(C)C. The summed E-state index contributed by atoms with van der Waals surface area (Å²) in [7, 11) is 0. The Morgan fingerprint density at radius 3 is 2.25 bits per heavy atom. The third-order valence-electron chi connectivity index (χ3n) is 3.10. The van der Waals surface area contributed by atoms with Gasteiger partial charge in [0.05, 0.1) is 11.6 Å². The molecule has 1 N–H and O–H groups in total. The summed E-state index contributed by atoms with van der Waals surface area (Å²) in [5.41, 5.74) is 2.10. The fourth-order valence-corrected chi connectivity index (χ4v) is 1.24. The Hall–Kier alpha value is -1.49. The molecule has 2 nitrogen and oxygen atoms in total. The zero-order valence-corrected chi connectivity index (χ0v) is 10.5. The maximum absolute atomic E-state index is 8.68. The van der Waals surface area contributed by atoms with E-state index in [-0.39, 0.29) is 0 Å². The van der Waals surface area contributed by atoms with Crippen LogP contribution in [-0.2, 0) is 0 Å². The quantitative estimate of drug-likeness (QED) is 0.837. The normalized spacial score (nSPS) is 12.9. The van der Waals surface area contributed by atoms with E-state index in [9.17, 15) is 0 Å². The lowest BCUT2D eigenvalue weighted by atomic mass is 9.82. The van der Waals surface area contributed by atoms with Crippen LogP contribution >= 0.6 is 0 Å². The minimum atomic E-state index is 0.319. The van der Waals surface area contributed by atoms with Crippen molar-refractivity contribution in [3.63, 3.8) is 0 Å². The van der Waals surface area contributed by atoms with Crippen LogP contribution in [0.25, 0.3) is 0 Å². The highest BCUT2D eigenvalue weighted by molar-refractivity contribution is 5.47. The number of benzene rings is 1. The Balaban J connectivity index is 2.53. The van der Waals surface area contributed by atoms with Gasteiger partial charge in [0.15, 0.2) is 0 Å². The molecule has 16 heavy (non-hydrogen) atoms. The first kappa shape index (κ1) is 12.6. The lowest BCUT2D eigenvalue weighted by molar-refractivity contribution is 0.274. The second-order valence-electron chi connectivity index (χ2n) is 5.34. The van der Waals surface area contributed by atoms with Crippen LogP contribution in [0.2, 0.25) is 0 Å².